The van der Waals surface area contributed by atoms with E-state index in [-0.39, 0.29) is 18.5 Å². The van der Waals surface area contributed by atoms with Crippen molar-refractivity contribution in [2.75, 3.05) is 10.6 Å². The average Bonchev–Trinajstić information content (AvgIpc) is 3.48. The van der Waals surface area contributed by atoms with E-state index >= 15 is 4.39 Å². The zero-order valence-electron chi connectivity index (χ0n) is 19.0. The highest BCUT2D eigenvalue weighted by Crippen LogP contribution is 2.36. The van der Waals surface area contributed by atoms with Crippen molar-refractivity contribution in [3.8, 4) is 11.3 Å². The molecule has 1 saturated carbocycles. The fourth-order valence-corrected chi connectivity index (χ4v) is 4.70. The molecular weight excluding hydrogens is 469 g/mol. The van der Waals surface area contributed by atoms with Crippen LogP contribution in [0.4, 0.5) is 16.0 Å². The Balaban J connectivity index is 1.23. The molecule has 5 rings (SSSR count). The number of amides is 1. The molecular formula is C25H25ClFN7O. The first-order valence-corrected chi connectivity index (χ1v) is 11.8. The van der Waals surface area contributed by atoms with Crippen molar-refractivity contribution in [3.63, 3.8) is 0 Å². The van der Waals surface area contributed by atoms with Crippen molar-refractivity contribution in [2.45, 2.75) is 43.9 Å². The molecule has 3 aromatic heterocycles. The van der Waals surface area contributed by atoms with Gasteiger partial charge in [-0.1, -0.05) is 36.4 Å². The van der Waals surface area contributed by atoms with Crippen LogP contribution in [0.15, 0.2) is 61.7 Å². The predicted molar refractivity (Wildman–Crippen MR) is 135 cm³/mol. The van der Waals surface area contributed by atoms with Crippen molar-refractivity contribution >= 4 is 40.0 Å². The van der Waals surface area contributed by atoms with E-state index in [1.54, 1.807) is 12.4 Å². The fourth-order valence-electron chi connectivity index (χ4n) is 4.51. The topological polar surface area (TPSA) is 101 Å². The molecule has 0 radical (unpaired) electrons. The summed E-state index contributed by atoms with van der Waals surface area (Å²) in [6, 6.07) is 8.01. The van der Waals surface area contributed by atoms with Gasteiger partial charge in [-0.15, -0.1) is 0 Å². The number of anilines is 2. The molecule has 180 valence electrons. The lowest BCUT2D eigenvalue weighted by Crippen LogP contribution is -2.38. The number of para-hydroxylation sites is 1. The second-order valence-electron chi connectivity index (χ2n) is 8.83. The van der Waals surface area contributed by atoms with E-state index in [0.717, 1.165) is 16.5 Å². The number of aromatic nitrogens is 5. The van der Waals surface area contributed by atoms with Gasteiger partial charge in [0.25, 0.3) is 0 Å². The Morgan fingerprint density at radius 2 is 2.11 bits per heavy atom. The van der Waals surface area contributed by atoms with E-state index < -0.39 is 5.67 Å². The number of H-pyrrole nitrogens is 1. The smallest absolute Gasteiger partial charge is 0.247 e. The summed E-state index contributed by atoms with van der Waals surface area (Å²) in [5.41, 5.74) is 1.70. The molecule has 3 N–H and O–H groups in total. The van der Waals surface area contributed by atoms with Gasteiger partial charge in [-0.2, -0.15) is 5.10 Å². The summed E-state index contributed by atoms with van der Waals surface area (Å²) >= 11 is 6.43. The van der Waals surface area contributed by atoms with Crippen molar-refractivity contribution in [3.05, 3.63) is 66.7 Å². The highest BCUT2D eigenvalue weighted by Gasteiger charge is 2.36. The molecule has 0 atom stereocenters. The van der Waals surface area contributed by atoms with Crippen LogP contribution in [0.25, 0.3) is 22.2 Å². The van der Waals surface area contributed by atoms with Crippen molar-refractivity contribution in [1.82, 2.24) is 24.7 Å². The van der Waals surface area contributed by atoms with Crippen LogP contribution in [0.3, 0.4) is 0 Å². The van der Waals surface area contributed by atoms with Crippen LogP contribution in [-0.2, 0) is 11.3 Å². The van der Waals surface area contributed by atoms with Crippen LogP contribution in [0.2, 0.25) is 5.02 Å². The number of fused-ring (bicyclic) bond motifs is 1. The van der Waals surface area contributed by atoms with Gasteiger partial charge in [0.1, 0.15) is 5.67 Å². The Bertz CT molecular complexity index is 1370. The van der Waals surface area contributed by atoms with E-state index in [4.69, 9.17) is 11.6 Å². The maximum absolute atomic E-state index is 15.5. The van der Waals surface area contributed by atoms with Gasteiger partial charge in [0, 0.05) is 34.9 Å². The summed E-state index contributed by atoms with van der Waals surface area (Å²) in [5.74, 6) is 0.143. The summed E-state index contributed by atoms with van der Waals surface area (Å²) in [6.45, 7) is 3.55. The van der Waals surface area contributed by atoms with Gasteiger partial charge in [-0.25, -0.2) is 14.4 Å². The first kappa shape index (κ1) is 23.0. The molecule has 35 heavy (non-hydrogen) atoms. The summed E-state index contributed by atoms with van der Waals surface area (Å²) in [4.78, 5) is 23.7. The molecule has 1 aromatic carbocycles. The lowest BCUT2D eigenvalue weighted by Gasteiger charge is -2.34. The number of aromatic amines is 1. The highest BCUT2D eigenvalue weighted by atomic mass is 35.5. The summed E-state index contributed by atoms with van der Waals surface area (Å²) in [6.07, 6.45) is 9.81. The van der Waals surface area contributed by atoms with Crippen LogP contribution < -0.4 is 10.6 Å². The normalized spacial score (nSPS) is 20.0. The summed E-state index contributed by atoms with van der Waals surface area (Å²) in [5, 5.41) is 11.7. The minimum atomic E-state index is -1.38. The Kier molecular flexibility index (Phi) is 6.25. The van der Waals surface area contributed by atoms with Gasteiger partial charge in [0.15, 0.2) is 0 Å². The van der Waals surface area contributed by atoms with E-state index in [1.807, 2.05) is 30.5 Å². The van der Waals surface area contributed by atoms with Crippen molar-refractivity contribution < 1.29 is 9.18 Å². The number of hydrogen-bond donors (Lipinski definition) is 3. The number of carbonyl (C=O) groups is 1. The van der Waals surface area contributed by atoms with Crippen LogP contribution in [0.1, 0.15) is 25.7 Å². The molecule has 0 spiro atoms. The third kappa shape index (κ3) is 5.05. The molecule has 4 aromatic rings. The number of nitrogens with zero attached hydrogens (tertiary/aromatic N) is 4. The molecule has 3 heterocycles. The molecule has 0 bridgehead atoms. The fraction of sp³-hybridized carbons (Fsp3) is 0.280. The molecule has 0 unspecified atom stereocenters. The zero-order valence-corrected chi connectivity index (χ0v) is 19.7. The Morgan fingerprint density at radius 3 is 2.91 bits per heavy atom. The Labute approximate surface area is 206 Å². The first-order chi connectivity index (χ1) is 16.9. The largest absolute Gasteiger partial charge is 0.360 e. The monoisotopic (exact) mass is 493 g/mol. The van der Waals surface area contributed by atoms with E-state index in [0.29, 0.717) is 48.0 Å². The highest BCUT2D eigenvalue weighted by molar-refractivity contribution is 6.33. The summed E-state index contributed by atoms with van der Waals surface area (Å²) in [7, 11) is 0. The van der Waals surface area contributed by atoms with Crippen LogP contribution >= 0.6 is 11.6 Å². The maximum atomic E-state index is 15.5. The second-order valence-corrected chi connectivity index (χ2v) is 9.23. The Hall–Kier alpha value is -3.72. The molecule has 8 nitrogen and oxygen atoms in total. The molecule has 1 fully saturated rings. The number of rotatable bonds is 7. The van der Waals surface area contributed by atoms with Gasteiger partial charge < -0.3 is 15.6 Å². The molecule has 1 amide bonds. The van der Waals surface area contributed by atoms with Crippen LogP contribution in [-0.4, -0.2) is 42.4 Å². The Morgan fingerprint density at radius 1 is 1.31 bits per heavy atom. The zero-order chi connectivity index (χ0) is 24.4. The molecule has 10 heteroatoms. The lowest BCUT2D eigenvalue weighted by atomic mass is 9.83. The standard InChI is InChI=1S/C25H25ClFN7O/c1-2-22(35)31-17-11-30-34(14-17)15-25(27)9-7-16(8-10-25)32-24-29-13-20(26)23(33-24)19-12-28-21-6-4-3-5-18(19)21/h2-6,11-14,16,28H,1,7-10,15H2,(H,31,35)(H,29,32,33). The van der Waals surface area contributed by atoms with Gasteiger partial charge in [-0.3, -0.25) is 9.48 Å². The lowest BCUT2D eigenvalue weighted by molar-refractivity contribution is -0.111. The van der Waals surface area contributed by atoms with Gasteiger partial charge in [0.2, 0.25) is 11.9 Å². The number of benzene rings is 1. The van der Waals surface area contributed by atoms with Gasteiger partial charge >= 0.3 is 0 Å². The van der Waals surface area contributed by atoms with Crippen molar-refractivity contribution in [1.29, 1.82) is 0 Å². The van der Waals surface area contributed by atoms with Gasteiger partial charge in [-0.05, 0) is 37.8 Å². The third-order valence-electron chi connectivity index (χ3n) is 6.33. The van der Waals surface area contributed by atoms with E-state index in [1.165, 1.54) is 17.0 Å². The number of alkyl halides is 1. The first-order valence-electron chi connectivity index (χ1n) is 11.4. The minimum absolute atomic E-state index is 0.0518. The number of nitrogens with one attached hydrogen (secondary N) is 3. The summed E-state index contributed by atoms with van der Waals surface area (Å²) < 4.78 is 17.0. The van der Waals surface area contributed by atoms with Gasteiger partial charge in [0.05, 0.1) is 35.3 Å². The number of halogens is 2. The van der Waals surface area contributed by atoms with Crippen LogP contribution in [0.5, 0.6) is 0 Å². The average molecular weight is 494 g/mol. The molecule has 0 saturated heterocycles. The SMILES string of the molecule is C=CC(=O)Nc1cnn(CC2(F)CCC(Nc3ncc(Cl)c(-c4c[nH]c5ccccc45)n3)CC2)c1. The second kappa shape index (κ2) is 9.50. The number of carbonyl (C=O) groups excluding carboxylic acids is 1. The van der Waals surface area contributed by atoms with E-state index in [2.05, 4.69) is 37.3 Å². The molecule has 1 aliphatic carbocycles. The predicted octanol–water partition coefficient (Wildman–Crippen LogP) is 5.36. The van der Waals surface area contributed by atoms with Crippen molar-refractivity contribution in [2.24, 2.45) is 0 Å². The van der Waals surface area contributed by atoms with Crippen LogP contribution in [0, 0.1) is 0 Å². The third-order valence-corrected chi connectivity index (χ3v) is 6.61. The minimum Gasteiger partial charge on any atom is -0.360 e. The quantitative estimate of drug-likeness (QED) is 0.301. The van der Waals surface area contributed by atoms with E-state index in [9.17, 15) is 4.79 Å². The molecule has 0 aliphatic heterocycles. The maximum Gasteiger partial charge on any atom is 0.247 e. The molecule has 1 aliphatic rings. The number of hydrogen-bond acceptors (Lipinski definition) is 5.